The summed E-state index contributed by atoms with van der Waals surface area (Å²) in [6.45, 7) is 9.73. The average molecular weight is 653 g/mol. The van der Waals surface area contributed by atoms with Gasteiger partial charge in [-0.15, -0.1) is 0 Å². The molecule has 4 rings (SSSR count). The minimum Gasteiger partial charge on any atom is -0.363 e. The summed E-state index contributed by atoms with van der Waals surface area (Å²) in [5.41, 5.74) is 4.82. The number of likely N-dealkylation sites (tertiary alicyclic amines) is 1. The molecule has 3 aliphatic rings. The molecule has 0 aromatic carbocycles. The molecule has 1 saturated heterocycles. The lowest BCUT2D eigenvalue weighted by Gasteiger charge is -2.37. The van der Waals surface area contributed by atoms with Crippen LogP contribution < -0.4 is 21.7 Å². The second kappa shape index (κ2) is 15.4. The molecule has 47 heavy (non-hydrogen) atoms. The predicted molar refractivity (Wildman–Crippen MR) is 176 cm³/mol. The van der Waals surface area contributed by atoms with Gasteiger partial charge in [0, 0.05) is 12.7 Å². The van der Waals surface area contributed by atoms with E-state index in [4.69, 9.17) is 5.73 Å². The number of rotatable bonds is 13. The molecule has 0 spiro atoms. The molecule has 1 aromatic heterocycles. The van der Waals surface area contributed by atoms with Gasteiger partial charge in [0.15, 0.2) is 0 Å². The summed E-state index contributed by atoms with van der Waals surface area (Å²) in [7, 11) is 0. The second-order valence-corrected chi connectivity index (χ2v) is 15.0. The van der Waals surface area contributed by atoms with Crippen molar-refractivity contribution in [2.45, 2.75) is 117 Å². The Morgan fingerprint density at radius 1 is 0.936 bits per heavy atom. The van der Waals surface area contributed by atoms with Gasteiger partial charge in [-0.05, 0) is 66.9 Å². The first-order valence-corrected chi connectivity index (χ1v) is 17.2. The third-order valence-corrected chi connectivity index (χ3v) is 9.99. The molecule has 12 heteroatoms. The number of carbonyl (C=O) groups is 6. The molecule has 2 aliphatic carbocycles. The molecule has 2 saturated carbocycles. The third-order valence-electron chi connectivity index (χ3n) is 9.99. The first kappa shape index (κ1) is 36.0. The minimum absolute atomic E-state index is 0.0375. The van der Waals surface area contributed by atoms with Gasteiger partial charge in [-0.3, -0.25) is 29.0 Å². The number of Topliss-reactive ketones (excluding diaryl/α,β-unsaturated/α-hetero) is 2. The highest BCUT2D eigenvalue weighted by atomic mass is 16.2. The van der Waals surface area contributed by atoms with E-state index in [2.05, 4.69) is 20.9 Å². The Kier molecular flexibility index (Phi) is 11.8. The van der Waals surface area contributed by atoms with E-state index in [0.717, 1.165) is 44.9 Å². The van der Waals surface area contributed by atoms with E-state index >= 15 is 0 Å². The van der Waals surface area contributed by atoms with Gasteiger partial charge in [0.2, 0.25) is 23.4 Å². The summed E-state index contributed by atoms with van der Waals surface area (Å²) in [6, 6.07) is 0.666. The maximum absolute atomic E-state index is 14.4. The maximum atomic E-state index is 14.4. The van der Waals surface area contributed by atoms with Crippen LogP contribution in [0.1, 0.15) is 103 Å². The molecule has 5 N–H and O–H groups in total. The monoisotopic (exact) mass is 652 g/mol. The molecule has 258 valence electrons. The molecular weight excluding hydrogens is 600 g/mol. The van der Waals surface area contributed by atoms with Crippen LogP contribution in [-0.4, -0.2) is 75.9 Å². The van der Waals surface area contributed by atoms with Crippen molar-refractivity contribution in [3.63, 3.8) is 0 Å². The molecule has 5 amide bonds. The molecule has 1 aromatic rings. The number of amides is 5. The first-order chi connectivity index (χ1) is 22.2. The zero-order valence-electron chi connectivity index (χ0n) is 28.4. The number of nitrogens with two attached hydrogens (primary N) is 1. The van der Waals surface area contributed by atoms with Crippen molar-refractivity contribution in [1.82, 2.24) is 25.8 Å². The number of aromatic nitrogens is 1. The fourth-order valence-electron chi connectivity index (χ4n) is 7.11. The van der Waals surface area contributed by atoms with Gasteiger partial charge in [0.05, 0.1) is 12.1 Å². The van der Waals surface area contributed by atoms with Crippen LogP contribution in [0.5, 0.6) is 0 Å². The van der Waals surface area contributed by atoms with E-state index in [1.165, 1.54) is 4.90 Å². The standard InChI is InChI=1S/C35H52N6O6/c1-20(2)23-16-18-41(27(23)32(45)38-25(19-21-14-15-21)29(43)31(36)44)33(46)30(35(3,4)5)40-34(47)39-26(22-11-7-6-8-12-22)28(42)24-13-9-10-17-37-24/h9-10,13,17,20-23,25-27,30H,6-8,11-12,14-16,18-19H2,1-5H3,(H2,36,44)(H,38,45)(H2,39,40,47)/t23?,25?,26-,27-,30+/m0/s1. The number of carbonyl (C=O) groups excluding carboxylic acids is 6. The van der Waals surface area contributed by atoms with Crippen LogP contribution in [0.4, 0.5) is 4.79 Å². The van der Waals surface area contributed by atoms with Gasteiger partial charge in [0.1, 0.15) is 17.8 Å². The molecule has 1 aliphatic heterocycles. The predicted octanol–water partition coefficient (Wildman–Crippen LogP) is 3.14. The van der Waals surface area contributed by atoms with Crippen LogP contribution in [-0.2, 0) is 19.2 Å². The highest BCUT2D eigenvalue weighted by molar-refractivity contribution is 6.37. The van der Waals surface area contributed by atoms with Crippen LogP contribution in [0.25, 0.3) is 0 Å². The van der Waals surface area contributed by atoms with E-state index in [-0.39, 0.29) is 41.7 Å². The number of urea groups is 1. The van der Waals surface area contributed by atoms with Crippen LogP contribution in [0, 0.1) is 29.1 Å². The van der Waals surface area contributed by atoms with Gasteiger partial charge in [0.25, 0.3) is 5.91 Å². The Hall–Kier alpha value is -3.83. The normalized spacial score (nSPS) is 22.2. The minimum atomic E-state index is -1.10. The largest absolute Gasteiger partial charge is 0.363 e. The number of primary amides is 1. The fourth-order valence-corrected chi connectivity index (χ4v) is 7.11. The van der Waals surface area contributed by atoms with Crippen LogP contribution in [0.15, 0.2) is 24.4 Å². The molecule has 0 radical (unpaired) electrons. The lowest BCUT2D eigenvalue weighted by Crippen LogP contribution is -2.62. The van der Waals surface area contributed by atoms with Crippen LogP contribution >= 0.6 is 0 Å². The maximum Gasteiger partial charge on any atom is 0.316 e. The summed E-state index contributed by atoms with van der Waals surface area (Å²) in [6.07, 6.45) is 8.86. The van der Waals surface area contributed by atoms with Gasteiger partial charge in [-0.2, -0.15) is 0 Å². The van der Waals surface area contributed by atoms with Crippen molar-refractivity contribution >= 4 is 35.3 Å². The molecular formula is C35H52N6O6. The second-order valence-electron chi connectivity index (χ2n) is 15.0. The third kappa shape index (κ3) is 9.16. The van der Waals surface area contributed by atoms with E-state index in [0.29, 0.717) is 12.8 Å². The number of ketones is 2. The molecule has 0 bridgehead atoms. The Morgan fingerprint density at radius 2 is 1.62 bits per heavy atom. The smallest absolute Gasteiger partial charge is 0.316 e. The van der Waals surface area contributed by atoms with Gasteiger partial charge >= 0.3 is 6.03 Å². The summed E-state index contributed by atoms with van der Waals surface area (Å²) in [4.78, 5) is 85.6. The molecule has 3 fully saturated rings. The van der Waals surface area contributed by atoms with Crippen molar-refractivity contribution in [1.29, 1.82) is 0 Å². The zero-order chi connectivity index (χ0) is 34.5. The molecule has 2 heterocycles. The van der Waals surface area contributed by atoms with Crippen molar-refractivity contribution in [3.8, 4) is 0 Å². The van der Waals surface area contributed by atoms with Gasteiger partial charge < -0.3 is 26.6 Å². The average Bonchev–Trinajstić information content (AvgIpc) is 3.74. The summed E-state index contributed by atoms with van der Waals surface area (Å²) in [5.74, 6) is -3.15. The van der Waals surface area contributed by atoms with Gasteiger partial charge in [-0.25, -0.2) is 4.79 Å². The quantitative estimate of drug-likeness (QED) is 0.187. The van der Waals surface area contributed by atoms with Crippen molar-refractivity contribution < 1.29 is 28.8 Å². The first-order valence-electron chi connectivity index (χ1n) is 17.2. The van der Waals surface area contributed by atoms with E-state index in [9.17, 15) is 28.8 Å². The zero-order valence-corrected chi connectivity index (χ0v) is 28.4. The number of nitrogens with zero attached hydrogens (tertiary/aromatic N) is 2. The molecule has 12 nitrogen and oxygen atoms in total. The summed E-state index contributed by atoms with van der Waals surface area (Å²) < 4.78 is 0. The fraction of sp³-hybridized carbons (Fsp3) is 0.686. The van der Waals surface area contributed by atoms with E-state index < -0.39 is 59.1 Å². The van der Waals surface area contributed by atoms with Crippen molar-refractivity contribution in [2.24, 2.45) is 34.8 Å². The number of pyridine rings is 1. The van der Waals surface area contributed by atoms with E-state index in [1.807, 2.05) is 34.6 Å². The van der Waals surface area contributed by atoms with Crippen LogP contribution in [0.2, 0.25) is 0 Å². The number of nitrogens with one attached hydrogen (secondary N) is 3. The Bertz CT molecular complexity index is 1320. The van der Waals surface area contributed by atoms with Crippen molar-refractivity contribution in [3.05, 3.63) is 30.1 Å². The summed E-state index contributed by atoms with van der Waals surface area (Å²) >= 11 is 0. The van der Waals surface area contributed by atoms with Gasteiger partial charge in [-0.1, -0.05) is 72.8 Å². The Morgan fingerprint density at radius 3 is 2.17 bits per heavy atom. The summed E-state index contributed by atoms with van der Waals surface area (Å²) in [5, 5.41) is 8.52. The topological polar surface area (TPSA) is 181 Å². The Balaban J connectivity index is 1.55. The number of hydrogen-bond acceptors (Lipinski definition) is 7. The van der Waals surface area contributed by atoms with E-state index in [1.54, 1.807) is 24.4 Å². The highest BCUT2D eigenvalue weighted by Gasteiger charge is 2.48. The lowest BCUT2D eigenvalue weighted by molar-refractivity contribution is -0.144. The SMILES string of the molecule is CC(C)C1CCN(C(=O)[C@@H](NC(=O)N[C@H](C(=O)c2ccccn2)C2CCCCC2)C(C)(C)C)[C@@H]1C(=O)NC(CC1CC1)C(=O)C(N)=O. The lowest BCUT2D eigenvalue weighted by atomic mass is 9.81. The molecule has 5 atom stereocenters. The Labute approximate surface area is 277 Å². The van der Waals surface area contributed by atoms with Crippen LogP contribution in [0.3, 0.4) is 0 Å². The number of hydrogen-bond donors (Lipinski definition) is 4. The van der Waals surface area contributed by atoms with Crippen molar-refractivity contribution in [2.75, 3.05) is 6.54 Å². The highest BCUT2D eigenvalue weighted by Crippen LogP contribution is 2.36. The molecule has 2 unspecified atom stereocenters.